The lowest BCUT2D eigenvalue weighted by Crippen LogP contribution is -2.25. The van der Waals surface area contributed by atoms with Crippen molar-refractivity contribution in [2.45, 2.75) is 38.6 Å². The van der Waals surface area contributed by atoms with E-state index in [1.165, 1.54) is 0 Å². The first-order chi connectivity index (χ1) is 9.61. The number of aliphatic hydroxyl groups is 2. The Labute approximate surface area is 119 Å². The lowest BCUT2D eigenvalue weighted by Gasteiger charge is -2.15. The summed E-state index contributed by atoms with van der Waals surface area (Å²) in [7, 11) is 0. The molecule has 112 valence electrons. The van der Waals surface area contributed by atoms with Crippen LogP contribution in [0.3, 0.4) is 0 Å². The van der Waals surface area contributed by atoms with E-state index in [0.29, 0.717) is 6.61 Å². The van der Waals surface area contributed by atoms with Crippen molar-refractivity contribution in [3.8, 4) is 0 Å². The molecular formula is C15H22O5. The Hall–Kier alpha value is -1.43. The number of carbonyl (C=O) groups excluding carboxylic acids is 1. The molecule has 0 radical (unpaired) electrons. The predicted molar refractivity (Wildman–Crippen MR) is 74.0 cm³/mol. The molecule has 0 unspecified atom stereocenters. The quantitative estimate of drug-likeness (QED) is 0.667. The van der Waals surface area contributed by atoms with Gasteiger partial charge >= 0.3 is 5.97 Å². The van der Waals surface area contributed by atoms with E-state index >= 15 is 0 Å². The molecule has 0 heterocycles. The molecule has 0 saturated heterocycles. The molecule has 5 nitrogen and oxygen atoms in total. The van der Waals surface area contributed by atoms with Crippen molar-refractivity contribution in [2.24, 2.45) is 0 Å². The Morgan fingerprint density at radius 3 is 2.55 bits per heavy atom. The van der Waals surface area contributed by atoms with E-state index in [2.05, 4.69) is 0 Å². The smallest absolute Gasteiger partial charge is 0.308 e. The Bertz CT molecular complexity index is 379. The lowest BCUT2D eigenvalue weighted by atomic mass is 10.1. The highest BCUT2D eigenvalue weighted by Crippen LogP contribution is 2.06. The maximum absolute atomic E-state index is 11.1. The van der Waals surface area contributed by atoms with E-state index in [1.54, 1.807) is 6.92 Å². The fourth-order valence-corrected chi connectivity index (χ4v) is 1.76. The number of hydrogen-bond acceptors (Lipinski definition) is 5. The number of rotatable bonds is 9. The van der Waals surface area contributed by atoms with Crippen LogP contribution in [0.5, 0.6) is 0 Å². The summed E-state index contributed by atoms with van der Waals surface area (Å²) in [6.45, 7) is 2.52. The van der Waals surface area contributed by atoms with E-state index < -0.39 is 18.2 Å². The van der Waals surface area contributed by atoms with Crippen LogP contribution in [-0.2, 0) is 20.9 Å². The van der Waals surface area contributed by atoms with E-state index in [4.69, 9.17) is 9.47 Å². The maximum Gasteiger partial charge on any atom is 0.308 e. The van der Waals surface area contributed by atoms with Gasteiger partial charge in [-0.3, -0.25) is 4.79 Å². The molecule has 2 atom stereocenters. The zero-order valence-electron chi connectivity index (χ0n) is 11.7. The minimum Gasteiger partial charge on any atom is -0.466 e. The number of ether oxygens (including phenoxy) is 2. The van der Waals surface area contributed by atoms with Gasteiger partial charge in [0.1, 0.15) is 0 Å². The van der Waals surface area contributed by atoms with Crippen LogP contribution in [0.4, 0.5) is 0 Å². The summed E-state index contributed by atoms with van der Waals surface area (Å²) in [6.07, 6.45) is -1.73. The molecule has 5 heteroatoms. The highest BCUT2D eigenvalue weighted by atomic mass is 16.5. The first-order valence-electron chi connectivity index (χ1n) is 6.75. The van der Waals surface area contributed by atoms with Crippen LogP contribution in [0.15, 0.2) is 30.3 Å². The normalized spacial score (nSPS) is 13.8. The second-order valence-corrected chi connectivity index (χ2v) is 4.55. The molecule has 1 rings (SSSR count). The first kappa shape index (κ1) is 16.6. The van der Waals surface area contributed by atoms with Crippen LogP contribution in [0.25, 0.3) is 0 Å². The van der Waals surface area contributed by atoms with Gasteiger partial charge in [-0.05, 0) is 12.5 Å². The number of carbonyl (C=O) groups is 1. The van der Waals surface area contributed by atoms with Crippen LogP contribution in [-0.4, -0.2) is 41.6 Å². The second kappa shape index (κ2) is 9.47. The SMILES string of the molecule is CCOC(=O)C[C@@H](O)C[C@@H](O)COCc1ccccc1. The topological polar surface area (TPSA) is 76.0 Å². The van der Waals surface area contributed by atoms with Gasteiger partial charge in [-0.25, -0.2) is 0 Å². The van der Waals surface area contributed by atoms with Crippen LogP contribution in [0, 0.1) is 0 Å². The number of aliphatic hydroxyl groups excluding tert-OH is 2. The minimum absolute atomic E-state index is 0.0909. The van der Waals surface area contributed by atoms with Gasteiger partial charge in [-0.2, -0.15) is 0 Å². The van der Waals surface area contributed by atoms with Crippen LogP contribution < -0.4 is 0 Å². The molecule has 0 aliphatic rings. The van der Waals surface area contributed by atoms with Crippen LogP contribution in [0.2, 0.25) is 0 Å². The fourth-order valence-electron chi connectivity index (χ4n) is 1.76. The van der Waals surface area contributed by atoms with Gasteiger partial charge in [-0.15, -0.1) is 0 Å². The van der Waals surface area contributed by atoms with E-state index in [9.17, 15) is 15.0 Å². The zero-order chi connectivity index (χ0) is 14.8. The van der Waals surface area contributed by atoms with E-state index in [1.807, 2.05) is 30.3 Å². The van der Waals surface area contributed by atoms with Crippen molar-refractivity contribution in [1.29, 1.82) is 0 Å². The predicted octanol–water partition coefficient (Wildman–Crippen LogP) is 1.27. The zero-order valence-corrected chi connectivity index (χ0v) is 11.7. The van der Waals surface area contributed by atoms with Crippen LogP contribution >= 0.6 is 0 Å². The maximum atomic E-state index is 11.1. The molecule has 0 aliphatic carbocycles. The largest absolute Gasteiger partial charge is 0.466 e. The summed E-state index contributed by atoms with van der Waals surface area (Å²) in [4.78, 5) is 11.1. The number of benzene rings is 1. The molecule has 0 amide bonds. The average Bonchev–Trinajstić information content (AvgIpc) is 2.39. The molecule has 0 saturated carbocycles. The van der Waals surface area contributed by atoms with Gasteiger partial charge in [0, 0.05) is 6.42 Å². The Morgan fingerprint density at radius 1 is 1.20 bits per heavy atom. The number of hydrogen-bond donors (Lipinski definition) is 2. The van der Waals surface area contributed by atoms with Gasteiger partial charge < -0.3 is 19.7 Å². The van der Waals surface area contributed by atoms with Crippen molar-refractivity contribution in [3.05, 3.63) is 35.9 Å². The van der Waals surface area contributed by atoms with Crippen molar-refractivity contribution in [2.75, 3.05) is 13.2 Å². The summed E-state index contributed by atoms with van der Waals surface area (Å²) in [5.41, 5.74) is 1.02. The van der Waals surface area contributed by atoms with Gasteiger partial charge in [0.15, 0.2) is 0 Å². The van der Waals surface area contributed by atoms with Gasteiger partial charge in [-0.1, -0.05) is 30.3 Å². The van der Waals surface area contributed by atoms with E-state index in [-0.39, 0.29) is 26.1 Å². The summed E-state index contributed by atoms with van der Waals surface area (Å²) in [6, 6.07) is 9.62. The standard InChI is InChI=1S/C15H22O5/c1-2-20-15(18)9-13(16)8-14(17)11-19-10-12-6-4-3-5-7-12/h3-7,13-14,16-17H,2,8-11H2,1H3/t13-,14+/m0/s1. The van der Waals surface area contributed by atoms with Crippen LogP contribution in [0.1, 0.15) is 25.3 Å². The molecule has 0 aromatic heterocycles. The fraction of sp³-hybridized carbons (Fsp3) is 0.533. The van der Waals surface area contributed by atoms with Gasteiger partial charge in [0.2, 0.25) is 0 Å². The van der Waals surface area contributed by atoms with E-state index in [0.717, 1.165) is 5.56 Å². The minimum atomic E-state index is -0.913. The molecule has 0 spiro atoms. The third kappa shape index (κ3) is 7.23. The summed E-state index contributed by atoms with van der Waals surface area (Å²) >= 11 is 0. The molecular weight excluding hydrogens is 260 g/mol. The summed E-state index contributed by atoms with van der Waals surface area (Å²) < 4.78 is 10.1. The molecule has 0 bridgehead atoms. The monoisotopic (exact) mass is 282 g/mol. The second-order valence-electron chi connectivity index (χ2n) is 4.55. The van der Waals surface area contributed by atoms with Gasteiger partial charge in [0.05, 0.1) is 38.4 Å². The summed E-state index contributed by atoms with van der Waals surface area (Å²) in [5.74, 6) is -0.461. The first-order valence-corrected chi connectivity index (χ1v) is 6.75. The number of esters is 1. The highest BCUT2D eigenvalue weighted by molar-refractivity contribution is 5.69. The third-order valence-corrected chi connectivity index (χ3v) is 2.67. The van der Waals surface area contributed by atoms with Crippen molar-refractivity contribution in [1.82, 2.24) is 0 Å². The molecule has 2 N–H and O–H groups in total. The molecule has 0 fully saturated rings. The Kier molecular flexibility index (Phi) is 7.87. The molecule has 0 aliphatic heterocycles. The van der Waals surface area contributed by atoms with Gasteiger partial charge in [0.25, 0.3) is 0 Å². The van der Waals surface area contributed by atoms with Crippen molar-refractivity contribution in [3.63, 3.8) is 0 Å². The lowest BCUT2D eigenvalue weighted by molar-refractivity contribution is -0.145. The third-order valence-electron chi connectivity index (χ3n) is 2.67. The van der Waals surface area contributed by atoms with Crippen molar-refractivity contribution >= 4 is 5.97 Å². The molecule has 20 heavy (non-hydrogen) atoms. The Balaban J connectivity index is 2.16. The average molecular weight is 282 g/mol. The van der Waals surface area contributed by atoms with Crippen molar-refractivity contribution < 1.29 is 24.5 Å². The molecule has 1 aromatic rings. The Morgan fingerprint density at radius 2 is 1.90 bits per heavy atom. The summed E-state index contributed by atoms with van der Waals surface area (Å²) in [5, 5.41) is 19.3. The molecule has 1 aromatic carbocycles. The highest BCUT2D eigenvalue weighted by Gasteiger charge is 2.16.